The van der Waals surface area contributed by atoms with Gasteiger partial charge in [-0.2, -0.15) is 4.37 Å². The molecule has 0 saturated heterocycles. The molecule has 0 aliphatic rings. The van der Waals surface area contributed by atoms with E-state index in [1.165, 1.54) is 11.5 Å². The van der Waals surface area contributed by atoms with E-state index in [1.807, 2.05) is 31.2 Å². The van der Waals surface area contributed by atoms with Gasteiger partial charge in [0.05, 0.1) is 10.6 Å². The van der Waals surface area contributed by atoms with Crippen LogP contribution in [0.5, 0.6) is 0 Å². The van der Waals surface area contributed by atoms with Gasteiger partial charge in [-0.05, 0) is 36.2 Å². The average molecular weight is 203 g/mol. The van der Waals surface area contributed by atoms with Gasteiger partial charge in [-0.15, -0.1) is 0 Å². The van der Waals surface area contributed by atoms with Crippen molar-refractivity contribution in [2.45, 2.75) is 6.92 Å². The summed E-state index contributed by atoms with van der Waals surface area (Å²) in [5.74, 6) is 0. The number of carbonyl (C=O) groups is 1. The zero-order chi connectivity index (χ0) is 9.97. The van der Waals surface area contributed by atoms with Gasteiger partial charge in [0.2, 0.25) is 0 Å². The van der Waals surface area contributed by atoms with Gasteiger partial charge in [0.1, 0.15) is 6.29 Å². The minimum absolute atomic E-state index is 0.702. The number of aromatic nitrogens is 1. The maximum atomic E-state index is 10.6. The first-order chi connectivity index (χ1) is 6.79. The van der Waals surface area contributed by atoms with E-state index in [4.69, 9.17) is 0 Å². The fourth-order valence-corrected chi connectivity index (χ4v) is 2.02. The quantitative estimate of drug-likeness (QED) is 0.702. The Morgan fingerprint density at radius 1 is 1.36 bits per heavy atom. The molecule has 1 aromatic carbocycles. The van der Waals surface area contributed by atoms with Crippen LogP contribution in [0.1, 0.15) is 16.1 Å². The summed E-state index contributed by atoms with van der Waals surface area (Å²) in [6, 6.07) is 9.56. The molecule has 0 amide bonds. The van der Waals surface area contributed by atoms with Gasteiger partial charge in [-0.3, -0.25) is 4.79 Å². The number of rotatable bonds is 2. The van der Waals surface area contributed by atoms with Crippen LogP contribution in [-0.4, -0.2) is 10.7 Å². The molecular weight excluding hydrogens is 194 g/mol. The van der Waals surface area contributed by atoms with Crippen molar-refractivity contribution in [3.8, 4) is 10.4 Å². The maximum absolute atomic E-state index is 10.6. The van der Waals surface area contributed by atoms with Crippen molar-refractivity contribution in [1.29, 1.82) is 0 Å². The molecule has 2 rings (SSSR count). The SMILES string of the molecule is Cc1cc(-c2cccc(C=O)c2)sn1. The normalized spacial score (nSPS) is 10.1. The van der Waals surface area contributed by atoms with Gasteiger partial charge in [0.15, 0.2) is 0 Å². The van der Waals surface area contributed by atoms with Crippen molar-refractivity contribution in [2.24, 2.45) is 0 Å². The molecule has 0 aliphatic carbocycles. The van der Waals surface area contributed by atoms with Gasteiger partial charge in [-0.25, -0.2) is 0 Å². The lowest BCUT2D eigenvalue weighted by atomic mass is 10.1. The third kappa shape index (κ3) is 1.72. The van der Waals surface area contributed by atoms with Crippen molar-refractivity contribution >= 4 is 17.8 Å². The highest BCUT2D eigenvalue weighted by Crippen LogP contribution is 2.24. The Labute approximate surface area is 86.4 Å². The van der Waals surface area contributed by atoms with E-state index in [-0.39, 0.29) is 0 Å². The summed E-state index contributed by atoms with van der Waals surface area (Å²) in [4.78, 5) is 11.7. The zero-order valence-electron chi connectivity index (χ0n) is 7.73. The predicted octanol–water partition coefficient (Wildman–Crippen LogP) is 2.93. The molecule has 0 saturated carbocycles. The number of carbonyl (C=O) groups excluding carboxylic acids is 1. The second-order valence-corrected chi connectivity index (χ2v) is 3.88. The Balaban J connectivity index is 2.46. The van der Waals surface area contributed by atoms with E-state index < -0.39 is 0 Å². The lowest BCUT2D eigenvalue weighted by Gasteiger charge is -1.96. The van der Waals surface area contributed by atoms with E-state index in [0.29, 0.717) is 5.56 Å². The summed E-state index contributed by atoms with van der Waals surface area (Å²) in [6.07, 6.45) is 0.859. The topological polar surface area (TPSA) is 30.0 Å². The molecule has 70 valence electrons. The second kappa shape index (κ2) is 3.72. The predicted molar refractivity (Wildman–Crippen MR) is 57.7 cm³/mol. The van der Waals surface area contributed by atoms with Gasteiger partial charge >= 0.3 is 0 Å². The Bertz CT molecular complexity index is 462. The first-order valence-electron chi connectivity index (χ1n) is 4.28. The third-order valence-electron chi connectivity index (χ3n) is 1.94. The molecule has 14 heavy (non-hydrogen) atoms. The van der Waals surface area contributed by atoms with Crippen LogP contribution in [0.3, 0.4) is 0 Å². The van der Waals surface area contributed by atoms with Crippen LogP contribution < -0.4 is 0 Å². The standard InChI is InChI=1S/C11H9NOS/c1-8-5-11(14-12-8)10-4-2-3-9(6-10)7-13/h2-7H,1H3. The van der Waals surface area contributed by atoms with E-state index in [1.54, 1.807) is 6.07 Å². The van der Waals surface area contributed by atoms with E-state index in [9.17, 15) is 4.79 Å². The largest absolute Gasteiger partial charge is 0.298 e. The summed E-state index contributed by atoms with van der Waals surface area (Å²) in [5, 5.41) is 0. The molecule has 0 atom stereocenters. The summed E-state index contributed by atoms with van der Waals surface area (Å²) >= 11 is 1.46. The first-order valence-corrected chi connectivity index (χ1v) is 5.06. The molecule has 0 fully saturated rings. The lowest BCUT2D eigenvalue weighted by Crippen LogP contribution is -1.79. The smallest absolute Gasteiger partial charge is 0.150 e. The van der Waals surface area contributed by atoms with Crippen molar-refractivity contribution < 1.29 is 4.79 Å². The van der Waals surface area contributed by atoms with Crippen molar-refractivity contribution in [3.63, 3.8) is 0 Å². The average Bonchev–Trinajstić information content (AvgIpc) is 2.65. The summed E-state index contributed by atoms with van der Waals surface area (Å²) in [7, 11) is 0. The fourth-order valence-electron chi connectivity index (χ4n) is 1.26. The summed E-state index contributed by atoms with van der Waals surface area (Å²) in [5.41, 5.74) is 2.77. The number of aryl methyl sites for hydroxylation is 1. The molecule has 0 radical (unpaired) electrons. The van der Waals surface area contributed by atoms with Gasteiger partial charge < -0.3 is 0 Å². The second-order valence-electron chi connectivity index (χ2n) is 3.08. The number of hydrogen-bond donors (Lipinski definition) is 0. The third-order valence-corrected chi connectivity index (χ3v) is 2.86. The minimum atomic E-state index is 0.702. The Morgan fingerprint density at radius 2 is 2.21 bits per heavy atom. The first kappa shape index (κ1) is 9.09. The molecule has 2 nitrogen and oxygen atoms in total. The van der Waals surface area contributed by atoms with Crippen LogP contribution in [0.4, 0.5) is 0 Å². The van der Waals surface area contributed by atoms with Crippen LogP contribution in [0, 0.1) is 6.92 Å². The molecule has 0 N–H and O–H groups in total. The highest BCUT2D eigenvalue weighted by molar-refractivity contribution is 7.09. The van der Waals surface area contributed by atoms with Crippen LogP contribution in [0.2, 0.25) is 0 Å². The van der Waals surface area contributed by atoms with Crippen molar-refractivity contribution in [3.05, 3.63) is 41.6 Å². The van der Waals surface area contributed by atoms with Crippen LogP contribution in [-0.2, 0) is 0 Å². The number of hydrogen-bond acceptors (Lipinski definition) is 3. The summed E-state index contributed by atoms with van der Waals surface area (Å²) in [6.45, 7) is 1.96. The zero-order valence-corrected chi connectivity index (χ0v) is 8.54. The van der Waals surface area contributed by atoms with E-state index in [2.05, 4.69) is 4.37 Å². The molecule has 3 heteroatoms. The number of aldehydes is 1. The number of benzene rings is 1. The van der Waals surface area contributed by atoms with Crippen molar-refractivity contribution in [2.75, 3.05) is 0 Å². The molecule has 2 aromatic rings. The lowest BCUT2D eigenvalue weighted by molar-refractivity contribution is 0.112. The van der Waals surface area contributed by atoms with E-state index in [0.717, 1.165) is 22.4 Å². The number of nitrogens with zero attached hydrogens (tertiary/aromatic N) is 1. The minimum Gasteiger partial charge on any atom is -0.298 e. The van der Waals surface area contributed by atoms with Crippen LogP contribution >= 0.6 is 11.5 Å². The van der Waals surface area contributed by atoms with Gasteiger partial charge in [0, 0.05) is 5.56 Å². The Morgan fingerprint density at radius 3 is 2.86 bits per heavy atom. The molecule has 0 aliphatic heterocycles. The molecular formula is C11H9NOS. The molecule has 1 aromatic heterocycles. The van der Waals surface area contributed by atoms with Crippen LogP contribution in [0.25, 0.3) is 10.4 Å². The van der Waals surface area contributed by atoms with Crippen LogP contribution in [0.15, 0.2) is 30.3 Å². The molecule has 0 spiro atoms. The van der Waals surface area contributed by atoms with Crippen molar-refractivity contribution in [1.82, 2.24) is 4.37 Å². The fraction of sp³-hybridized carbons (Fsp3) is 0.0909. The van der Waals surface area contributed by atoms with Gasteiger partial charge in [0.25, 0.3) is 0 Å². The highest BCUT2D eigenvalue weighted by Gasteiger charge is 2.01. The highest BCUT2D eigenvalue weighted by atomic mass is 32.1. The molecule has 0 bridgehead atoms. The Hall–Kier alpha value is -1.48. The monoisotopic (exact) mass is 203 g/mol. The molecule has 0 unspecified atom stereocenters. The molecule has 1 heterocycles. The van der Waals surface area contributed by atoms with Gasteiger partial charge in [-0.1, -0.05) is 18.2 Å². The Kier molecular flexibility index (Phi) is 2.41. The van der Waals surface area contributed by atoms with E-state index >= 15 is 0 Å². The maximum Gasteiger partial charge on any atom is 0.150 e. The summed E-state index contributed by atoms with van der Waals surface area (Å²) < 4.78 is 4.20.